The molecule has 118 valence electrons. The Kier molecular flexibility index (Phi) is 5.40. The number of sulfonamides is 1. The molecule has 0 saturated carbocycles. The fourth-order valence-corrected chi connectivity index (χ4v) is 4.42. The van der Waals surface area contributed by atoms with Gasteiger partial charge in [-0.3, -0.25) is 0 Å². The van der Waals surface area contributed by atoms with Gasteiger partial charge in [-0.15, -0.1) is 0 Å². The number of rotatable bonds is 5. The lowest BCUT2D eigenvalue weighted by atomic mass is 10.2. The second kappa shape index (κ2) is 6.89. The largest absolute Gasteiger partial charge is 0.397 e. The van der Waals surface area contributed by atoms with Crippen LogP contribution in [0.4, 0.5) is 11.4 Å². The molecule has 0 bridgehead atoms. The minimum atomic E-state index is -3.43. The lowest BCUT2D eigenvalue weighted by molar-refractivity contribution is 0.521. The van der Waals surface area contributed by atoms with Crippen molar-refractivity contribution >= 4 is 33.2 Å². The number of hydrogen-bond donors (Lipinski definition) is 2. The summed E-state index contributed by atoms with van der Waals surface area (Å²) < 4.78 is 25.5. The van der Waals surface area contributed by atoms with Crippen LogP contribution in [-0.2, 0) is 10.0 Å². The van der Waals surface area contributed by atoms with Crippen molar-refractivity contribution in [2.75, 3.05) is 37.4 Å². The minimum Gasteiger partial charge on any atom is -0.397 e. The molecule has 0 spiro atoms. The van der Waals surface area contributed by atoms with Crippen molar-refractivity contribution in [2.24, 2.45) is 0 Å². The first-order valence-corrected chi connectivity index (χ1v) is 9.57. The van der Waals surface area contributed by atoms with Crippen LogP contribution < -0.4 is 11.1 Å². The van der Waals surface area contributed by atoms with Crippen molar-refractivity contribution in [3.05, 3.63) is 18.2 Å². The molecule has 3 N–H and O–H groups in total. The lowest BCUT2D eigenvalue weighted by Crippen LogP contribution is -2.23. The molecule has 0 aromatic heterocycles. The van der Waals surface area contributed by atoms with Crippen LogP contribution in [0.3, 0.4) is 0 Å². The van der Waals surface area contributed by atoms with Gasteiger partial charge in [-0.05, 0) is 36.8 Å². The molecule has 1 aliphatic rings. The van der Waals surface area contributed by atoms with Crippen molar-refractivity contribution in [3.63, 3.8) is 0 Å². The summed E-state index contributed by atoms with van der Waals surface area (Å²) >= 11 is 1.97. The Labute approximate surface area is 131 Å². The van der Waals surface area contributed by atoms with Gasteiger partial charge in [0.1, 0.15) is 0 Å². The van der Waals surface area contributed by atoms with E-state index in [0.29, 0.717) is 16.6 Å². The van der Waals surface area contributed by atoms with Crippen molar-refractivity contribution < 1.29 is 8.42 Å². The van der Waals surface area contributed by atoms with Crippen molar-refractivity contribution in [3.8, 4) is 0 Å². The van der Waals surface area contributed by atoms with Crippen LogP contribution in [0.15, 0.2) is 23.1 Å². The van der Waals surface area contributed by atoms with Gasteiger partial charge in [0.05, 0.1) is 16.3 Å². The SMILES string of the molecule is CN(C)S(=O)(=O)c1ccc(N)c(NCC2CCCCS2)c1. The Bertz CT molecular complexity index is 582. The second-order valence-electron chi connectivity index (χ2n) is 5.41. The average molecular weight is 329 g/mol. The summed E-state index contributed by atoms with van der Waals surface area (Å²) in [4.78, 5) is 0.264. The first-order valence-electron chi connectivity index (χ1n) is 7.09. The van der Waals surface area contributed by atoms with Gasteiger partial charge >= 0.3 is 0 Å². The van der Waals surface area contributed by atoms with Crippen LogP contribution >= 0.6 is 11.8 Å². The molecular weight excluding hydrogens is 306 g/mol. The van der Waals surface area contributed by atoms with Gasteiger partial charge in [-0.2, -0.15) is 11.8 Å². The van der Waals surface area contributed by atoms with Gasteiger partial charge in [0, 0.05) is 25.9 Å². The number of thioether (sulfide) groups is 1. The number of nitrogens with one attached hydrogen (secondary N) is 1. The molecule has 1 saturated heterocycles. The predicted molar refractivity (Wildman–Crippen MR) is 90.3 cm³/mol. The van der Waals surface area contributed by atoms with E-state index in [9.17, 15) is 8.42 Å². The van der Waals surface area contributed by atoms with E-state index in [1.807, 2.05) is 11.8 Å². The molecule has 1 fully saturated rings. The van der Waals surface area contributed by atoms with Crippen LogP contribution in [0.2, 0.25) is 0 Å². The quantitative estimate of drug-likeness (QED) is 0.810. The number of nitrogens with two attached hydrogens (primary N) is 1. The minimum absolute atomic E-state index is 0.264. The van der Waals surface area contributed by atoms with Gasteiger partial charge < -0.3 is 11.1 Å². The van der Waals surface area contributed by atoms with Crippen molar-refractivity contribution in [2.45, 2.75) is 29.4 Å². The third-order valence-electron chi connectivity index (χ3n) is 3.60. The summed E-state index contributed by atoms with van der Waals surface area (Å²) in [7, 11) is -0.376. The number of anilines is 2. The molecule has 0 amide bonds. The highest BCUT2D eigenvalue weighted by molar-refractivity contribution is 8.00. The van der Waals surface area contributed by atoms with Gasteiger partial charge in [-0.1, -0.05) is 6.42 Å². The first-order chi connectivity index (χ1) is 9.91. The van der Waals surface area contributed by atoms with Gasteiger partial charge in [-0.25, -0.2) is 12.7 Å². The summed E-state index contributed by atoms with van der Waals surface area (Å²) in [5.41, 5.74) is 7.22. The summed E-state index contributed by atoms with van der Waals surface area (Å²) in [6.07, 6.45) is 3.76. The first kappa shape index (κ1) is 16.5. The van der Waals surface area contributed by atoms with E-state index in [4.69, 9.17) is 5.73 Å². The molecule has 1 aromatic carbocycles. The summed E-state index contributed by atoms with van der Waals surface area (Å²) in [6.45, 7) is 0.820. The number of nitrogen functional groups attached to an aromatic ring is 1. The van der Waals surface area contributed by atoms with Crippen LogP contribution in [0, 0.1) is 0 Å². The normalized spacial score (nSPS) is 19.7. The van der Waals surface area contributed by atoms with Crippen LogP contribution in [0.1, 0.15) is 19.3 Å². The lowest BCUT2D eigenvalue weighted by Gasteiger charge is -2.22. The molecule has 1 heterocycles. The maximum atomic E-state index is 12.2. The molecule has 5 nitrogen and oxygen atoms in total. The standard InChI is InChI=1S/C14H23N3O2S2/c1-17(2)21(18,19)12-6-7-13(15)14(9-12)16-10-11-5-3-4-8-20-11/h6-7,9,11,16H,3-5,8,10,15H2,1-2H3. The second-order valence-corrected chi connectivity index (χ2v) is 8.97. The Balaban J connectivity index is 2.12. The molecule has 1 aliphatic heterocycles. The molecule has 21 heavy (non-hydrogen) atoms. The average Bonchev–Trinajstić information content (AvgIpc) is 2.47. The Morgan fingerprint density at radius 2 is 2.14 bits per heavy atom. The van der Waals surface area contributed by atoms with Gasteiger partial charge in [0.25, 0.3) is 0 Å². The van der Waals surface area contributed by atoms with E-state index in [-0.39, 0.29) is 4.90 Å². The maximum absolute atomic E-state index is 12.2. The molecule has 0 aliphatic carbocycles. The Morgan fingerprint density at radius 1 is 1.38 bits per heavy atom. The summed E-state index contributed by atoms with van der Waals surface area (Å²) in [5.74, 6) is 1.21. The summed E-state index contributed by atoms with van der Waals surface area (Å²) in [5, 5.41) is 3.88. The highest BCUT2D eigenvalue weighted by Crippen LogP contribution is 2.28. The highest BCUT2D eigenvalue weighted by atomic mass is 32.2. The molecule has 7 heteroatoms. The van der Waals surface area contributed by atoms with Crippen molar-refractivity contribution in [1.82, 2.24) is 4.31 Å². The molecule has 0 radical (unpaired) electrons. The monoisotopic (exact) mass is 329 g/mol. The smallest absolute Gasteiger partial charge is 0.242 e. The maximum Gasteiger partial charge on any atom is 0.242 e. The third-order valence-corrected chi connectivity index (χ3v) is 6.81. The topological polar surface area (TPSA) is 75.4 Å². The molecule has 1 atom stereocenters. The van der Waals surface area contributed by atoms with E-state index in [2.05, 4.69) is 5.32 Å². The zero-order chi connectivity index (χ0) is 15.5. The van der Waals surface area contributed by atoms with E-state index < -0.39 is 10.0 Å². The van der Waals surface area contributed by atoms with Crippen LogP contribution in [0.5, 0.6) is 0 Å². The highest BCUT2D eigenvalue weighted by Gasteiger charge is 2.19. The van der Waals surface area contributed by atoms with Crippen LogP contribution in [-0.4, -0.2) is 44.4 Å². The number of hydrogen-bond acceptors (Lipinski definition) is 5. The van der Waals surface area contributed by atoms with E-state index >= 15 is 0 Å². The molecule has 1 unspecified atom stereocenters. The Hall–Kier alpha value is -0.920. The van der Waals surface area contributed by atoms with E-state index in [0.717, 1.165) is 6.54 Å². The number of benzene rings is 1. The molecule has 2 rings (SSSR count). The molecule has 1 aromatic rings. The fraction of sp³-hybridized carbons (Fsp3) is 0.571. The van der Waals surface area contributed by atoms with Crippen molar-refractivity contribution in [1.29, 1.82) is 0 Å². The van der Waals surface area contributed by atoms with Gasteiger partial charge in [0.15, 0.2) is 0 Å². The summed E-state index contributed by atoms with van der Waals surface area (Å²) in [6, 6.07) is 4.82. The van der Waals surface area contributed by atoms with E-state index in [1.165, 1.54) is 43.4 Å². The van der Waals surface area contributed by atoms with Crippen LogP contribution in [0.25, 0.3) is 0 Å². The Morgan fingerprint density at radius 3 is 2.76 bits per heavy atom. The van der Waals surface area contributed by atoms with Gasteiger partial charge in [0.2, 0.25) is 10.0 Å². The number of nitrogens with zero attached hydrogens (tertiary/aromatic N) is 1. The fourth-order valence-electron chi connectivity index (χ4n) is 2.25. The third kappa shape index (κ3) is 4.05. The predicted octanol–water partition coefficient (Wildman–Crippen LogP) is 2.22. The zero-order valence-corrected chi connectivity index (χ0v) is 14.1. The van der Waals surface area contributed by atoms with E-state index in [1.54, 1.807) is 18.2 Å². The molecular formula is C14H23N3O2S2. The zero-order valence-electron chi connectivity index (χ0n) is 12.5.